The summed E-state index contributed by atoms with van der Waals surface area (Å²) in [6.45, 7) is 4.19. The van der Waals surface area contributed by atoms with Crippen molar-refractivity contribution in [1.29, 1.82) is 0 Å². The van der Waals surface area contributed by atoms with Gasteiger partial charge < -0.3 is 4.74 Å². The minimum atomic E-state index is 0.0444. The van der Waals surface area contributed by atoms with Gasteiger partial charge >= 0.3 is 0 Å². The number of thiol groups is 1. The summed E-state index contributed by atoms with van der Waals surface area (Å²) in [5, 5.41) is 0. The molecule has 0 bridgehead atoms. The van der Waals surface area contributed by atoms with Gasteiger partial charge in [0.05, 0.1) is 5.60 Å². The molecule has 56 valence electrons. The third-order valence-corrected chi connectivity index (χ3v) is 1.81. The third-order valence-electron chi connectivity index (χ3n) is 1.49. The fourth-order valence-electron chi connectivity index (χ4n) is 0.607. The summed E-state index contributed by atoms with van der Waals surface area (Å²) in [5.41, 5.74) is 0.0444. The monoisotopic (exact) mass is 148 g/mol. The van der Waals surface area contributed by atoms with Gasteiger partial charge in [0.25, 0.3) is 0 Å². The molecule has 0 spiro atoms. The van der Waals surface area contributed by atoms with Crippen LogP contribution in [-0.4, -0.2) is 18.5 Å². The second-order valence-electron chi connectivity index (χ2n) is 2.79. The van der Waals surface area contributed by atoms with Crippen molar-refractivity contribution in [2.45, 2.75) is 32.3 Å². The van der Waals surface area contributed by atoms with Gasteiger partial charge in [0.1, 0.15) is 0 Å². The van der Waals surface area contributed by atoms with Gasteiger partial charge in [-0.1, -0.05) is 0 Å². The predicted molar refractivity (Wildman–Crippen MR) is 44.2 cm³/mol. The number of hydrogen-bond donors (Lipinski definition) is 1. The molecule has 0 aromatic heterocycles. The van der Waals surface area contributed by atoms with Gasteiger partial charge in [-0.2, -0.15) is 12.6 Å². The average molecular weight is 148 g/mol. The van der Waals surface area contributed by atoms with Crippen LogP contribution in [0.25, 0.3) is 0 Å². The zero-order chi connectivity index (χ0) is 7.33. The molecule has 0 aliphatic rings. The molecular weight excluding hydrogens is 132 g/mol. The number of ether oxygens (including phenoxy) is 1. The molecule has 0 aliphatic heterocycles. The van der Waals surface area contributed by atoms with Gasteiger partial charge in [0, 0.05) is 7.11 Å². The minimum Gasteiger partial charge on any atom is -0.379 e. The second kappa shape index (κ2) is 4.18. The summed E-state index contributed by atoms with van der Waals surface area (Å²) in [6, 6.07) is 0. The van der Waals surface area contributed by atoms with Crippen molar-refractivity contribution in [2.24, 2.45) is 0 Å². The topological polar surface area (TPSA) is 9.23 Å². The van der Waals surface area contributed by atoms with Crippen LogP contribution in [-0.2, 0) is 4.74 Å². The first-order valence-corrected chi connectivity index (χ1v) is 3.91. The van der Waals surface area contributed by atoms with Crippen LogP contribution in [0.4, 0.5) is 0 Å². The van der Waals surface area contributed by atoms with Crippen LogP contribution in [0.2, 0.25) is 0 Å². The van der Waals surface area contributed by atoms with Crippen LogP contribution in [0.5, 0.6) is 0 Å². The Labute approximate surface area is 63.2 Å². The van der Waals surface area contributed by atoms with Crippen LogP contribution in [0.3, 0.4) is 0 Å². The summed E-state index contributed by atoms with van der Waals surface area (Å²) < 4.78 is 5.21. The lowest BCUT2D eigenvalue weighted by atomic mass is 10.0. The van der Waals surface area contributed by atoms with Crippen molar-refractivity contribution >= 4 is 12.6 Å². The lowest BCUT2D eigenvalue weighted by Gasteiger charge is -2.21. The molecular formula is C7H16OS. The predicted octanol–water partition coefficient (Wildman–Crippen LogP) is 2.12. The highest BCUT2D eigenvalue weighted by molar-refractivity contribution is 7.80. The van der Waals surface area contributed by atoms with Crippen molar-refractivity contribution in [1.82, 2.24) is 0 Å². The SMILES string of the molecule is COC(C)(C)CCCS. The van der Waals surface area contributed by atoms with E-state index in [0.717, 1.165) is 18.6 Å². The minimum absolute atomic E-state index is 0.0444. The summed E-state index contributed by atoms with van der Waals surface area (Å²) in [5.74, 6) is 0.951. The summed E-state index contributed by atoms with van der Waals surface area (Å²) in [4.78, 5) is 0. The van der Waals surface area contributed by atoms with E-state index in [1.165, 1.54) is 0 Å². The molecule has 0 radical (unpaired) electrons. The van der Waals surface area contributed by atoms with Crippen molar-refractivity contribution in [3.8, 4) is 0 Å². The maximum absolute atomic E-state index is 5.21. The van der Waals surface area contributed by atoms with E-state index < -0.39 is 0 Å². The van der Waals surface area contributed by atoms with Crippen LogP contribution < -0.4 is 0 Å². The third kappa shape index (κ3) is 4.79. The molecule has 0 amide bonds. The lowest BCUT2D eigenvalue weighted by molar-refractivity contribution is 0.0152. The Balaban J connectivity index is 3.33. The first-order valence-electron chi connectivity index (χ1n) is 3.28. The van der Waals surface area contributed by atoms with Crippen LogP contribution >= 0.6 is 12.6 Å². The fraction of sp³-hybridized carbons (Fsp3) is 1.00. The Morgan fingerprint density at radius 1 is 1.44 bits per heavy atom. The van der Waals surface area contributed by atoms with E-state index >= 15 is 0 Å². The zero-order valence-corrected chi connectivity index (χ0v) is 7.37. The van der Waals surface area contributed by atoms with E-state index in [0.29, 0.717) is 0 Å². The highest BCUT2D eigenvalue weighted by Gasteiger charge is 2.14. The largest absolute Gasteiger partial charge is 0.379 e. The molecule has 0 unspecified atom stereocenters. The van der Waals surface area contributed by atoms with E-state index in [1.54, 1.807) is 7.11 Å². The summed E-state index contributed by atoms with van der Waals surface area (Å²) in [7, 11) is 1.75. The lowest BCUT2D eigenvalue weighted by Crippen LogP contribution is -2.21. The van der Waals surface area contributed by atoms with Gasteiger partial charge in [-0.15, -0.1) is 0 Å². The van der Waals surface area contributed by atoms with Gasteiger partial charge in [-0.25, -0.2) is 0 Å². The van der Waals surface area contributed by atoms with Crippen LogP contribution in [0.15, 0.2) is 0 Å². The molecule has 9 heavy (non-hydrogen) atoms. The first-order chi connectivity index (χ1) is 4.12. The Kier molecular flexibility index (Phi) is 4.32. The molecule has 1 nitrogen and oxygen atoms in total. The highest BCUT2D eigenvalue weighted by atomic mass is 32.1. The summed E-state index contributed by atoms with van der Waals surface area (Å²) in [6.07, 6.45) is 2.22. The van der Waals surface area contributed by atoms with E-state index in [4.69, 9.17) is 4.74 Å². The average Bonchev–Trinajstić information content (AvgIpc) is 1.84. The number of rotatable bonds is 4. The molecule has 0 fully saturated rings. The van der Waals surface area contributed by atoms with Gasteiger partial charge in [-0.05, 0) is 32.4 Å². The number of hydrogen-bond acceptors (Lipinski definition) is 2. The maximum atomic E-state index is 5.21. The summed E-state index contributed by atoms with van der Waals surface area (Å²) >= 11 is 4.12. The second-order valence-corrected chi connectivity index (χ2v) is 3.24. The Morgan fingerprint density at radius 3 is 2.33 bits per heavy atom. The first kappa shape index (κ1) is 9.31. The Hall–Kier alpha value is 0.310. The van der Waals surface area contributed by atoms with E-state index in [-0.39, 0.29) is 5.60 Å². The van der Waals surface area contributed by atoms with Crippen LogP contribution in [0.1, 0.15) is 26.7 Å². The molecule has 0 aromatic carbocycles. The molecule has 0 atom stereocenters. The number of methoxy groups -OCH3 is 1. The molecule has 0 N–H and O–H groups in total. The molecule has 0 rings (SSSR count). The highest BCUT2D eigenvalue weighted by Crippen LogP contribution is 2.14. The molecule has 0 aromatic rings. The maximum Gasteiger partial charge on any atom is 0.0623 e. The Bertz CT molecular complexity index is 71.3. The van der Waals surface area contributed by atoms with Crippen molar-refractivity contribution in [2.75, 3.05) is 12.9 Å². The van der Waals surface area contributed by atoms with Crippen molar-refractivity contribution in [3.05, 3.63) is 0 Å². The molecule has 2 heteroatoms. The van der Waals surface area contributed by atoms with Crippen molar-refractivity contribution < 1.29 is 4.74 Å². The zero-order valence-electron chi connectivity index (χ0n) is 6.48. The molecule has 0 saturated carbocycles. The van der Waals surface area contributed by atoms with Gasteiger partial charge in [-0.3, -0.25) is 0 Å². The smallest absolute Gasteiger partial charge is 0.0623 e. The fourth-order valence-corrected chi connectivity index (χ4v) is 0.765. The van der Waals surface area contributed by atoms with Gasteiger partial charge in [0.15, 0.2) is 0 Å². The Morgan fingerprint density at radius 2 is 2.00 bits per heavy atom. The van der Waals surface area contributed by atoms with E-state index in [1.807, 2.05) is 0 Å². The van der Waals surface area contributed by atoms with Crippen LogP contribution in [0, 0.1) is 0 Å². The molecule has 0 aliphatic carbocycles. The molecule has 0 saturated heterocycles. The quantitative estimate of drug-likeness (QED) is 0.601. The van der Waals surface area contributed by atoms with Crippen molar-refractivity contribution in [3.63, 3.8) is 0 Å². The van der Waals surface area contributed by atoms with E-state index in [9.17, 15) is 0 Å². The van der Waals surface area contributed by atoms with E-state index in [2.05, 4.69) is 26.5 Å². The molecule has 0 heterocycles. The van der Waals surface area contributed by atoms with Gasteiger partial charge in [0.2, 0.25) is 0 Å². The standard InChI is InChI=1S/C7H16OS/c1-7(2,8-3)5-4-6-9/h9H,4-6H2,1-3H3. The normalized spacial score (nSPS) is 12.0.